The van der Waals surface area contributed by atoms with E-state index in [4.69, 9.17) is 33.5 Å². The zero-order valence-corrected chi connectivity index (χ0v) is 18.3. The average Bonchev–Trinajstić information content (AvgIpc) is 2.82. The molecule has 2 aromatic carbocycles. The molecule has 1 aliphatic heterocycles. The fraction of sp³-hybridized carbons (Fsp3) is 0.381. The maximum atomic E-state index is 11.2. The van der Waals surface area contributed by atoms with E-state index in [2.05, 4.69) is 0 Å². The molecule has 0 unspecified atom stereocenters. The number of benzene rings is 2. The number of carbonyl (C=O) groups is 1. The highest BCUT2D eigenvalue weighted by molar-refractivity contribution is 5.68. The molecule has 14 nitrogen and oxygen atoms in total. The quantitative estimate of drug-likeness (QED) is 0.474. The van der Waals surface area contributed by atoms with Crippen LogP contribution in [0.4, 0.5) is 11.4 Å². The third kappa shape index (κ3) is 7.68. The van der Waals surface area contributed by atoms with Gasteiger partial charge in [-0.1, -0.05) is 0 Å². The Hall–Kier alpha value is -4.17. The van der Waals surface area contributed by atoms with E-state index in [0.717, 1.165) is 0 Å². The maximum Gasteiger partial charge on any atom is 0.329 e. The number of carboxylic acid groups (broad SMARTS) is 1. The van der Waals surface area contributed by atoms with Gasteiger partial charge >= 0.3 is 5.97 Å². The highest BCUT2D eigenvalue weighted by atomic mass is 16.6. The predicted octanol–water partition coefficient (Wildman–Crippen LogP) is 2.22. The monoisotopic (exact) mass is 494 g/mol. The fourth-order valence-electron chi connectivity index (χ4n) is 2.91. The number of ether oxygens (including phenoxy) is 6. The standard InChI is InChI=1S/C21H22N2O12/c24-21(25)13-33-16-11-34-19-9-14(22(26)27)1-3-17(19)31-7-5-30-6-8-32-18-4-2-15(23(28)29)10-20(18)35-12-16/h1-4,9-10,16H,5-8,11-13H2,(H,24,25). The Bertz CT molecular complexity index is 987. The zero-order valence-electron chi connectivity index (χ0n) is 18.3. The zero-order chi connectivity index (χ0) is 25.2. The average molecular weight is 494 g/mol. The number of non-ortho nitro benzene ring substituents is 2. The number of aliphatic carboxylic acids is 1. The molecular weight excluding hydrogens is 472 g/mol. The molecule has 3 rings (SSSR count). The summed E-state index contributed by atoms with van der Waals surface area (Å²) < 4.78 is 33.3. The van der Waals surface area contributed by atoms with Crippen LogP contribution in [0.25, 0.3) is 0 Å². The molecule has 0 aliphatic carbocycles. The first kappa shape index (κ1) is 25.5. The van der Waals surface area contributed by atoms with Gasteiger partial charge in [-0.15, -0.1) is 0 Å². The Morgan fingerprint density at radius 1 is 0.829 bits per heavy atom. The van der Waals surface area contributed by atoms with Crippen LogP contribution in [0.5, 0.6) is 23.0 Å². The summed E-state index contributed by atoms with van der Waals surface area (Å²) in [6.07, 6.45) is -0.971. The van der Waals surface area contributed by atoms with E-state index < -0.39 is 28.5 Å². The summed E-state index contributed by atoms with van der Waals surface area (Å²) in [5.41, 5.74) is -0.480. The van der Waals surface area contributed by atoms with Crippen molar-refractivity contribution >= 4 is 17.3 Å². The second-order valence-corrected chi connectivity index (χ2v) is 7.03. The van der Waals surface area contributed by atoms with Crippen molar-refractivity contribution in [2.24, 2.45) is 0 Å². The van der Waals surface area contributed by atoms with Gasteiger partial charge in [0, 0.05) is 12.1 Å². The number of nitro groups is 2. The number of fused-ring (bicyclic) bond motifs is 2. The normalized spacial score (nSPS) is 15.2. The lowest BCUT2D eigenvalue weighted by Gasteiger charge is -2.21. The second kappa shape index (κ2) is 12.3. The smallest absolute Gasteiger partial charge is 0.329 e. The van der Waals surface area contributed by atoms with Gasteiger partial charge in [-0.2, -0.15) is 0 Å². The lowest BCUT2D eigenvalue weighted by molar-refractivity contribution is -0.385. The Kier molecular flexibility index (Phi) is 8.97. The van der Waals surface area contributed by atoms with E-state index in [1.54, 1.807) is 0 Å². The predicted molar refractivity (Wildman–Crippen MR) is 116 cm³/mol. The highest BCUT2D eigenvalue weighted by Crippen LogP contribution is 2.33. The lowest BCUT2D eigenvalue weighted by atomic mass is 10.2. The Morgan fingerprint density at radius 3 is 1.74 bits per heavy atom. The Morgan fingerprint density at radius 2 is 1.31 bits per heavy atom. The number of nitrogens with zero attached hydrogens (tertiary/aromatic N) is 2. The molecule has 0 saturated heterocycles. The Labute approximate surface area is 198 Å². The molecule has 0 fully saturated rings. The van der Waals surface area contributed by atoms with E-state index in [9.17, 15) is 25.0 Å². The van der Waals surface area contributed by atoms with Crippen LogP contribution in [0.15, 0.2) is 36.4 Å². The maximum absolute atomic E-state index is 11.2. The number of hydrogen-bond acceptors (Lipinski definition) is 11. The Balaban J connectivity index is 1.86. The van der Waals surface area contributed by atoms with E-state index in [1.165, 1.54) is 36.4 Å². The molecule has 0 radical (unpaired) electrons. The second-order valence-electron chi connectivity index (χ2n) is 7.03. The number of hydrogen-bond donors (Lipinski definition) is 1. The molecule has 0 atom stereocenters. The molecule has 1 N–H and O–H groups in total. The van der Waals surface area contributed by atoms with Crippen LogP contribution in [-0.2, 0) is 14.3 Å². The summed E-state index contributed by atoms with van der Waals surface area (Å²) >= 11 is 0. The lowest BCUT2D eigenvalue weighted by Crippen LogP contribution is -2.31. The summed E-state index contributed by atoms with van der Waals surface area (Å²) in [5, 5.41) is 31.3. The molecule has 35 heavy (non-hydrogen) atoms. The molecule has 0 bridgehead atoms. The minimum absolute atomic E-state index is 0.0367. The van der Waals surface area contributed by atoms with Gasteiger partial charge in [0.05, 0.1) is 35.2 Å². The third-order valence-electron chi connectivity index (χ3n) is 4.54. The van der Waals surface area contributed by atoms with Gasteiger partial charge < -0.3 is 33.5 Å². The largest absolute Gasteiger partial charge is 0.487 e. The van der Waals surface area contributed by atoms with Crippen molar-refractivity contribution in [3.05, 3.63) is 56.6 Å². The van der Waals surface area contributed by atoms with Crippen molar-refractivity contribution in [3.8, 4) is 23.0 Å². The van der Waals surface area contributed by atoms with Crippen LogP contribution in [0, 0.1) is 20.2 Å². The van der Waals surface area contributed by atoms with Crippen molar-refractivity contribution < 1.29 is 48.2 Å². The van der Waals surface area contributed by atoms with Gasteiger partial charge in [-0.05, 0) is 12.1 Å². The van der Waals surface area contributed by atoms with Crippen LogP contribution in [0.1, 0.15) is 0 Å². The summed E-state index contributed by atoms with van der Waals surface area (Å²) in [6.45, 7) is -0.649. The van der Waals surface area contributed by atoms with Crippen LogP contribution in [-0.4, -0.2) is 73.3 Å². The number of nitro benzene ring substituents is 2. The molecule has 14 heteroatoms. The van der Waals surface area contributed by atoms with Gasteiger partial charge in [0.25, 0.3) is 11.4 Å². The molecule has 188 valence electrons. The minimum Gasteiger partial charge on any atom is -0.487 e. The van der Waals surface area contributed by atoms with E-state index >= 15 is 0 Å². The molecule has 0 spiro atoms. The van der Waals surface area contributed by atoms with Crippen molar-refractivity contribution in [1.82, 2.24) is 0 Å². The molecule has 1 aliphatic rings. The fourth-order valence-corrected chi connectivity index (χ4v) is 2.91. The highest BCUT2D eigenvalue weighted by Gasteiger charge is 2.20. The van der Waals surface area contributed by atoms with E-state index in [1.807, 2.05) is 0 Å². The van der Waals surface area contributed by atoms with Crippen LogP contribution in [0.3, 0.4) is 0 Å². The SMILES string of the molecule is O=C(O)COC1COc2cc([N+](=O)[O-])ccc2OCCOCCOc2ccc([N+](=O)[O-])cc2OC1. The van der Waals surface area contributed by atoms with Gasteiger partial charge in [0.1, 0.15) is 39.1 Å². The van der Waals surface area contributed by atoms with Gasteiger partial charge in [-0.3, -0.25) is 20.2 Å². The number of carboxylic acids is 1. The summed E-state index contributed by atoms with van der Waals surface area (Å²) in [4.78, 5) is 32.1. The molecule has 2 aromatic rings. The molecular formula is C21H22N2O12. The first-order chi connectivity index (χ1) is 16.8. The van der Waals surface area contributed by atoms with Crippen molar-refractivity contribution in [1.29, 1.82) is 0 Å². The number of rotatable bonds is 5. The minimum atomic E-state index is -1.24. The molecule has 0 saturated carbocycles. The van der Waals surface area contributed by atoms with E-state index in [0.29, 0.717) is 0 Å². The third-order valence-corrected chi connectivity index (χ3v) is 4.54. The summed E-state index contributed by atoms with van der Waals surface area (Å²) in [6, 6.07) is 7.58. The van der Waals surface area contributed by atoms with Crippen LogP contribution in [0.2, 0.25) is 0 Å². The van der Waals surface area contributed by atoms with Crippen molar-refractivity contribution in [3.63, 3.8) is 0 Å². The van der Waals surface area contributed by atoms with Gasteiger partial charge in [-0.25, -0.2) is 4.79 Å². The first-order valence-corrected chi connectivity index (χ1v) is 10.3. The van der Waals surface area contributed by atoms with Crippen molar-refractivity contribution in [2.45, 2.75) is 6.10 Å². The van der Waals surface area contributed by atoms with Crippen LogP contribution < -0.4 is 18.9 Å². The molecule has 0 aromatic heterocycles. The van der Waals surface area contributed by atoms with Crippen molar-refractivity contribution in [2.75, 3.05) is 46.2 Å². The van der Waals surface area contributed by atoms with E-state index in [-0.39, 0.29) is 74.0 Å². The van der Waals surface area contributed by atoms with Gasteiger partial charge in [0.15, 0.2) is 23.0 Å². The molecule has 1 heterocycles. The first-order valence-electron chi connectivity index (χ1n) is 10.3. The van der Waals surface area contributed by atoms with Crippen LogP contribution >= 0.6 is 0 Å². The molecule has 0 amide bonds. The summed E-state index contributed by atoms with van der Waals surface area (Å²) in [7, 11) is 0. The topological polar surface area (TPSA) is 179 Å². The summed E-state index contributed by atoms with van der Waals surface area (Å²) in [5.74, 6) is -0.747. The van der Waals surface area contributed by atoms with Gasteiger partial charge in [0.2, 0.25) is 0 Å².